The molecule has 0 aliphatic carbocycles. The van der Waals surface area contributed by atoms with Gasteiger partial charge < -0.3 is 15.1 Å². The first-order chi connectivity index (χ1) is 9.00. The van der Waals surface area contributed by atoms with Crippen LogP contribution in [0.3, 0.4) is 0 Å². The second-order valence-electron chi connectivity index (χ2n) is 5.96. The predicted octanol–water partition coefficient (Wildman–Crippen LogP) is 0.596. The van der Waals surface area contributed by atoms with Gasteiger partial charge in [-0.25, -0.2) is 0 Å². The molecule has 2 aliphatic heterocycles. The highest BCUT2D eigenvalue weighted by Gasteiger charge is 2.38. The second-order valence-corrected chi connectivity index (χ2v) is 5.96. The van der Waals surface area contributed by atoms with Crippen molar-refractivity contribution in [2.45, 2.75) is 57.2 Å². The van der Waals surface area contributed by atoms with Gasteiger partial charge in [-0.1, -0.05) is 6.42 Å². The number of hydrogen-bond donors (Lipinski definition) is 1. The number of rotatable bonds is 2. The molecule has 0 bridgehead atoms. The Balaban J connectivity index is 2.01. The largest absolute Gasteiger partial charge is 0.344 e. The molecule has 2 saturated heterocycles. The quantitative estimate of drug-likeness (QED) is 0.797. The van der Waals surface area contributed by atoms with E-state index in [2.05, 4.69) is 31.2 Å². The fourth-order valence-electron chi connectivity index (χ4n) is 3.28. The molecule has 0 saturated carbocycles. The normalized spacial score (nSPS) is 32.3. The summed E-state index contributed by atoms with van der Waals surface area (Å²) in [5.74, 6) is 0.124. The summed E-state index contributed by atoms with van der Waals surface area (Å²) in [6, 6.07) is 0.339. The van der Waals surface area contributed by atoms with Crippen LogP contribution in [0.25, 0.3) is 0 Å². The lowest BCUT2D eigenvalue weighted by atomic mass is 10.1. The van der Waals surface area contributed by atoms with Crippen molar-refractivity contribution in [3.05, 3.63) is 0 Å². The Bertz CT molecular complexity index is 357. The van der Waals surface area contributed by atoms with Gasteiger partial charge in [0.1, 0.15) is 6.04 Å². The zero-order chi connectivity index (χ0) is 14.0. The van der Waals surface area contributed by atoms with Crippen LogP contribution >= 0.6 is 0 Å². The maximum Gasteiger partial charge on any atom is 0.245 e. The Morgan fingerprint density at radius 3 is 2.68 bits per heavy atom. The highest BCUT2D eigenvalue weighted by molar-refractivity contribution is 5.88. The Labute approximate surface area is 115 Å². The number of nitrogens with zero attached hydrogens (tertiary/aromatic N) is 2. The number of likely N-dealkylation sites (N-methyl/N-ethyl adjacent to an activating group) is 1. The summed E-state index contributed by atoms with van der Waals surface area (Å²) in [5.41, 5.74) is 0. The minimum absolute atomic E-state index is 0.0202. The van der Waals surface area contributed by atoms with E-state index in [0.29, 0.717) is 12.5 Å². The fraction of sp³-hybridized carbons (Fsp3) is 0.857. The Morgan fingerprint density at radius 2 is 2.05 bits per heavy atom. The van der Waals surface area contributed by atoms with Gasteiger partial charge in [0, 0.05) is 25.0 Å². The molecule has 2 heterocycles. The van der Waals surface area contributed by atoms with Gasteiger partial charge in [-0.3, -0.25) is 9.59 Å². The molecule has 0 unspecified atom stereocenters. The number of nitrogens with one attached hydrogen (secondary N) is 1. The average molecular weight is 267 g/mol. The minimum atomic E-state index is -0.307. The lowest BCUT2D eigenvalue weighted by Crippen LogP contribution is -2.51. The van der Waals surface area contributed by atoms with Crippen LogP contribution in [0.4, 0.5) is 0 Å². The van der Waals surface area contributed by atoms with Crippen molar-refractivity contribution in [3.63, 3.8) is 0 Å². The molecule has 0 aromatic heterocycles. The monoisotopic (exact) mass is 267 g/mol. The van der Waals surface area contributed by atoms with E-state index in [1.807, 2.05) is 4.90 Å². The molecule has 2 aliphatic rings. The molecule has 0 aromatic carbocycles. The maximum absolute atomic E-state index is 12.6. The van der Waals surface area contributed by atoms with E-state index < -0.39 is 0 Å². The summed E-state index contributed by atoms with van der Waals surface area (Å²) in [7, 11) is 4.12. The summed E-state index contributed by atoms with van der Waals surface area (Å²) in [5, 5.41) is 2.88. The van der Waals surface area contributed by atoms with Crippen LogP contribution in [0.2, 0.25) is 0 Å². The second kappa shape index (κ2) is 5.90. The molecule has 108 valence electrons. The van der Waals surface area contributed by atoms with Crippen molar-refractivity contribution in [2.24, 2.45) is 0 Å². The molecule has 5 heteroatoms. The molecule has 5 nitrogen and oxygen atoms in total. The minimum Gasteiger partial charge on any atom is -0.344 e. The Kier molecular flexibility index (Phi) is 4.45. The molecular formula is C14H25N3O2. The van der Waals surface area contributed by atoms with Gasteiger partial charge in [0.2, 0.25) is 11.8 Å². The van der Waals surface area contributed by atoms with Crippen LogP contribution in [-0.2, 0) is 9.59 Å². The molecule has 2 amide bonds. The lowest BCUT2D eigenvalue weighted by molar-refractivity contribution is -0.137. The molecular weight excluding hydrogens is 242 g/mol. The van der Waals surface area contributed by atoms with Gasteiger partial charge in [0.15, 0.2) is 0 Å². The van der Waals surface area contributed by atoms with Gasteiger partial charge in [-0.15, -0.1) is 0 Å². The molecule has 0 aromatic rings. The number of carbonyl (C=O) groups excluding carboxylic acids is 2. The van der Waals surface area contributed by atoms with E-state index >= 15 is 0 Å². The first-order valence-corrected chi connectivity index (χ1v) is 7.27. The van der Waals surface area contributed by atoms with Crippen LogP contribution in [0.5, 0.6) is 0 Å². The molecule has 0 spiro atoms. The van der Waals surface area contributed by atoms with Gasteiger partial charge in [-0.05, 0) is 40.3 Å². The van der Waals surface area contributed by atoms with Crippen molar-refractivity contribution in [3.8, 4) is 0 Å². The van der Waals surface area contributed by atoms with E-state index in [4.69, 9.17) is 0 Å². The third-order valence-electron chi connectivity index (χ3n) is 4.44. The van der Waals surface area contributed by atoms with Crippen molar-refractivity contribution in [1.29, 1.82) is 0 Å². The molecule has 0 radical (unpaired) electrons. The smallest absolute Gasteiger partial charge is 0.245 e. The zero-order valence-corrected chi connectivity index (χ0v) is 12.2. The van der Waals surface area contributed by atoms with Gasteiger partial charge >= 0.3 is 0 Å². The Hall–Kier alpha value is -1.10. The van der Waals surface area contributed by atoms with Gasteiger partial charge in [0.25, 0.3) is 0 Å². The van der Waals surface area contributed by atoms with E-state index in [9.17, 15) is 9.59 Å². The van der Waals surface area contributed by atoms with E-state index in [1.54, 1.807) is 0 Å². The highest BCUT2D eigenvalue weighted by atomic mass is 16.2. The topological polar surface area (TPSA) is 52.7 Å². The summed E-state index contributed by atoms with van der Waals surface area (Å²) >= 11 is 0. The number of amides is 2. The van der Waals surface area contributed by atoms with Crippen LogP contribution < -0.4 is 5.32 Å². The van der Waals surface area contributed by atoms with E-state index in [-0.39, 0.29) is 23.9 Å². The highest BCUT2D eigenvalue weighted by Crippen LogP contribution is 2.23. The lowest BCUT2D eigenvalue weighted by Gasteiger charge is -2.30. The number of likely N-dealkylation sites (tertiary alicyclic amines) is 1. The fourth-order valence-corrected chi connectivity index (χ4v) is 3.28. The molecule has 1 N–H and O–H groups in total. The van der Waals surface area contributed by atoms with Crippen molar-refractivity contribution < 1.29 is 9.59 Å². The number of hydrogen-bond acceptors (Lipinski definition) is 3. The third-order valence-corrected chi connectivity index (χ3v) is 4.44. The predicted molar refractivity (Wildman–Crippen MR) is 73.7 cm³/mol. The summed E-state index contributed by atoms with van der Waals surface area (Å²) < 4.78 is 0. The molecule has 19 heavy (non-hydrogen) atoms. The van der Waals surface area contributed by atoms with Gasteiger partial charge in [0.05, 0.1) is 0 Å². The standard InChI is InChI=1S/C14H25N3O2/c1-10-12(16(2)3)8-9-17(10)14(19)11-6-4-5-7-13(18)15-11/h10-12H,4-9H2,1-3H3,(H,15,18)/t10-,11+,12-/m1/s1. The van der Waals surface area contributed by atoms with Crippen molar-refractivity contribution >= 4 is 11.8 Å². The number of carbonyl (C=O) groups is 2. The van der Waals surface area contributed by atoms with Crippen LogP contribution in [0.1, 0.15) is 39.0 Å². The van der Waals surface area contributed by atoms with Crippen LogP contribution in [0, 0.1) is 0 Å². The molecule has 3 atom stereocenters. The SMILES string of the molecule is C[C@@H]1[C@H](N(C)C)CCN1C(=O)[C@@H]1CCCCC(=O)N1. The van der Waals surface area contributed by atoms with Crippen molar-refractivity contribution in [1.82, 2.24) is 15.1 Å². The third kappa shape index (κ3) is 3.08. The first kappa shape index (κ1) is 14.3. The summed E-state index contributed by atoms with van der Waals surface area (Å²) in [6.45, 7) is 2.91. The van der Waals surface area contributed by atoms with Crippen LogP contribution in [0.15, 0.2) is 0 Å². The maximum atomic E-state index is 12.6. The Morgan fingerprint density at radius 1 is 1.32 bits per heavy atom. The van der Waals surface area contributed by atoms with Gasteiger partial charge in [-0.2, -0.15) is 0 Å². The van der Waals surface area contributed by atoms with E-state index in [0.717, 1.165) is 32.2 Å². The summed E-state index contributed by atoms with van der Waals surface area (Å²) in [4.78, 5) is 28.3. The van der Waals surface area contributed by atoms with Crippen LogP contribution in [-0.4, -0.2) is 60.4 Å². The molecule has 2 rings (SSSR count). The average Bonchev–Trinajstić information content (AvgIpc) is 2.60. The van der Waals surface area contributed by atoms with Crippen molar-refractivity contribution in [2.75, 3.05) is 20.6 Å². The zero-order valence-electron chi connectivity index (χ0n) is 12.2. The van der Waals surface area contributed by atoms with E-state index in [1.165, 1.54) is 0 Å². The first-order valence-electron chi connectivity index (χ1n) is 7.27. The summed E-state index contributed by atoms with van der Waals surface area (Å²) in [6.07, 6.45) is 4.20. The molecule has 2 fully saturated rings.